The van der Waals surface area contributed by atoms with Crippen molar-refractivity contribution in [1.82, 2.24) is 0 Å². The molecule has 35 heavy (non-hydrogen) atoms. The lowest BCUT2D eigenvalue weighted by atomic mass is 9.92. The van der Waals surface area contributed by atoms with Crippen molar-refractivity contribution >= 4 is 53.4 Å². The zero-order valence-electron chi connectivity index (χ0n) is 17.0. The van der Waals surface area contributed by atoms with Gasteiger partial charge in [-0.25, -0.2) is 22.3 Å². The highest BCUT2D eigenvalue weighted by Crippen LogP contribution is 2.54. The van der Waals surface area contributed by atoms with Crippen LogP contribution in [0.15, 0.2) is 39.3 Å². The highest BCUT2D eigenvalue weighted by atomic mass is 79.9. The van der Waals surface area contributed by atoms with E-state index in [1.807, 2.05) is 0 Å². The van der Waals surface area contributed by atoms with Crippen molar-refractivity contribution in [1.29, 1.82) is 0 Å². The third-order valence-corrected chi connectivity index (χ3v) is 6.85. The Labute approximate surface area is 210 Å². The number of nitrogens with one attached hydrogen (secondary N) is 1. The summed E-state index contributed by atoms with van der Waals surface area (Å²) in [7, 11) is -3.85. The zero-order chi connectivity index (χ0) is 27.0. The molecule has 0 aliphatic rings. The van der Waals surface area contributed by atoms with Gasteiger partial charge in [0.1, 0.15) is 0 Å². The first-order chi connectivity index (χ1) is 15.8. The van der Waals surface area contributed by atoms with Crippen molar-refractivity contribution in [3.8, 4) is 0 Å². The lowest BCUT2D eigenvalue weighted by molar-refractivity contribution is -0.348. The van der Waals surface area contributed by atoms with Gasteiger partial charge in [-0.05, 0) is 29.8 Å². The van der Waals surface area contributed by atoms with E-state index in [9.17, 15) is 48.3 Å². The number of primary sulfonamides is 1. The van der Waals surface area contributed by atoms with Gasteiger partial charge in [-0.15, -0.1) is 0 Å². The number of hydrogen-bond acceptors (Lipinski definition) is 4. The average Bonchev–Trinajstić information content (AvgIpc) is 2.68. The van der Waals surface area contributed by atoms with Gasteiger partial charge in [0.25, 0.3) is 0 Å². The Morgan fingerprint density at radius 1 is 0.971 bits per heavy atom. The summed E-state index contributed by atoms with van der Waals surface area (Å²) in [6, 6.07) is 4.02. The van der Waals surface area contributed by atoms with Gasteiger partial charge in [0, 0.05) is 27.5 Å². The van der Waals surface area contributed by atoms with Gasteiger partial charge in [0.2, 0.25) is 10.0 Å². The summed E-state index contributed by atoms with van der Waals surface area (Å²) in [5.41, 5.74) is -8.38. The molecule has 0 radical (unpaired) electrons. The first kappa shape index (κ1) is 29.5. The molecule has 0 aromatic heterocycles. The number of carbonyl (C=O) groups excluding carboxylic acids is 1. The number of rotatable bonds is 8. The number of carbonyl (C=O) groups is 1. The summed E-state index contributed by atoms with van der Waals surface area (Å²) >= 11 is 5.50. The molecule has 0 saturated heterocycles. The quantitative estimate of drug-likeness (QED) is 0.278. The van der Waals surface area contributed by atoms with E-state index in [2.05, 4.69) is 37.2 Å². The van der Waals surface area contributed by atoms with Crippen LogP contribution in [0.25, 0.3) is 0 Å². The minimum absolute atomic E-state index is 0.169. The van der Waals surface area contributed by atoms with Gasteiger partial charge in [0.05, 0.1) is 17.0 Å². The molecule has 3 N–H and O–H groups in total. The minimum Gasteiger partial charge on any atom is -0.382 e. The predicted octanol–water partition coefficient (Wildman–Crippen LogP) is 5.77. The number of ketones is 1. The number of alkyl halides is 7. The van der Waals surface area contributed by atoms with Crippen LogP contribution in [-0.4, -0.2) is 38.9 Å². The van der Waals surface area contributed by atoms with Crippen molar-refractivity contribution in [2.45, 2.75) is 24.4 Å². The monoisotopic (exact) mass is 660 g/mol. The fourth-order valence-corrected chi connectivity index (χ4v) is 4.78. The highest BCUT2D eigenvalue weighted by Gasteiger charge is 2.73. The Balaban J connectivity index is 2.39. The molecule has 16 heteroatoms. The lowest BCUT2D eigenvalue weighted by Gasteiger charge is -2.31. The van der Waals surface area contributed by atoms with E-state index in [0.29, 0.717) is 0 Å². The molecular formula is C19H14Br2F8N2O3S. The first-order valence-corrected chi connectivity index (χ1v) is 12.5. The van der Waals surface area contributed by atoms with E-state index < -0.39 is 71.9 Å². The van der Waals surface area contributed by atoms with Gasteiger partial charge in [0.15, 0.2) is 11.6 Å². The molecule has 0 saturated carbocycles. The Hall–Kier alpha value is -1.78. The smallest absolute Gasteiger partial charge is 0.382 e. The molecule has 0 bridgehead atoms. The van der Waals surface area contributed by atoms with E-state index in [0.717, 1.165) is 6.07 Å². The van der Waals surface area contributed by atoms with E-state index >= 15 is 0 Å². The molecule has 5 nitrogen and oxygen atoms in total. The third kappa shape index (κ3) is 6.51. The lowest BCUT2D eigenvalue weighted by Crippen LogP contribution is -2.50. The summed E-state index contributed by atoms with van der Waals surface area (Å²) in [6.45, 7) is -0.282. The van der Waals surface area contributed by atoms with Crippen LogP contribution >= 0.6 is 31.9 Å². The number of sulfonamides is 1. The SMILES string of the molecule is NS(=O)(=O)CCNc1cccc(C(=O)Cc2c(Br)cc(C(F)(C(F)(F)F)C(F)(F)F)cc2Br)c1F. The van der Waals surface area contributed by atoms with Crippen LogP contribution in [0, 0.1) is 5.82 Å². The number of anilines is 1. The maximum absolute atomic E-state index is 14.7. The standard InChI is InChI=1S/C19H14Br2F8N2O3S/c20-12-6-9(17(23,18(24,25)26)19(27,28)29)7-13(21)11(12)8-15(32)10-2-1-3-14(16(10)22)31-4-5-35(30,33)34/h1-3,6-7,31H,4-5,8H2,(H2,30,33,34). The van der Waals surface area contributed by atoms with Crippen LogP contribution in [0.5, 0.6) is 0 Å². The minimum atomic E-state index is -6.33. The number of nitrogens with two attached hydrogens (primary N) is 1. The van der Waals surface area contributed by atoms with Crippen molar-refractivity contribution in [3.05, 3.63) is 61.8 Å². The molecule has 2 aromatic rings. The molecule has 0 spiro atoms. The Kier molecular flexibility index (Phi) is 8.67. The number of halogens is 10. The molecular weight excluding hydrogens is 648 g/mol. The van der Waals surface area contributed by atoms with Crippen LogP contribution in [0.2, 0.25) is 0 Å². The largest absolute Gasteiger partial charge is 0.435 e. The number of Topliss-reactive ketones (excluding diaryl/α,β-unsaturated/α-hetero) is 1. The van der Waals surface area contributed by atoms with Crippen molar-refractivity contribution in [2.75, 3.05) is 17.6 Å². The van der Waals surface area contributed by atoms with E-state index in [-0.39, 0.29) is 29.9 Å². The van der Waals surface area contributed by atoms with Crippen LogP contribution in [0.3, 0.4) is 0 Å². The second kappa shape index (κ2) is 10.3. The summed E-state index contributed by atoms with van der Waals surface area (Å²) < 4.78 is 128. The highest BCUT2D eigenvalue weighted by molar-refractivity contribution is 9.11. The van der Waals surface area contributed by atoms with Gasteiger partial charge in [-0.1, -0.05) is 37.9 Å². The van der Waals surface area contributed by atoms with Crippen LogP contribution in [0.4, 0.5) is 40.8 Å². The van der Waals surface area contributed by atoms with Gasteiger partial charge in [-0.2, -0.15) is 26.3 Å². The molecule has 0 atom stereocenters. The normalized spacial score (nSPS) is 13.1. The molecule has 0 aliphatic heterocycles. The van der Waals surface area contributed by atoms with Gasteiger partial charge in [-0.3, -0.25) is 4.79 Å². The third-order valence-electron chi connectivity index (χ3n) is 4.66. The number of hydrogen-bond donors (Lipinski definition) is 2. The van der Waals surface area contributed by atoms with E-state index in [1.54, 1.807) is 0 Å². The second-order valence-electron chi connectivity index (χ2n) is 7.13. The molecule has 0 fully saturated rings. The topological polar surface area (TPSA) is 89.3 Å². The Bertz CT molecular complexity index is 1200. The fraction of sp³-hybridized carbons (Fsp3) is 0.316. The maximum Gasteiger partial charge on any atom is 0.435 e. The van der Waals surface area contributed by atoms with E-state index in [4.69, 9.17) is 5.14 Å². The summed E-state index contributed by atoms with van der Waals surface area (Å²) in [5, 5.41) is 7.29. The van der Waals surface area contributed by atoms with Gasteiger partial charge >= 0.3 is 18.0 Å². The van der Waals surface area contributed by atoms with Crippen LogP contribution in [0.1, 0.15) is 21.5 Å². The average molecular weight is 662 g/mol. The molecule has 2 rings (SSSR count). The fourth-order valence-electron chi connectivity index (χ4n) is 2.93. The summed E-state index contributed by atoms with van der Waals surface area (Å²) in [4.78, 5) is 12.7. The van der Waals surface area contributed by atoms with Crippen molar-refractivity contribution in [2.24, 2.45) is 5.14 Å². The molecule has 0 amide bonds. The Morgan fingerprint density at radius 3 is 1.94 bits per heavy atom. The van der Waals surface area contributed by atoms with Crippen LogP contribution in [-0.2, 0) is 22.1 Å². The zero-order valence-corrected chi connectivity index (χ0v) is 21.0. The van der Waals surface area contributed by atoms with Crippen molar-refractivity contribution in [3.63, 3.8) is 0 Å². The van der Waals surface area contributed by atoms with Gasteiger partial charge < -0.3 is 5.32 Å². The number of benzene rings is 2. The molecule has 0 aliphatic carbocycles. The molecule has 0 unspecified atom stereocenters. The summed E-state index contributed by atoms with van der Waals surface area (Å²) in [6.07, 6.45) is -13.4. The second-order valence-corrected chi connectivity index (χ2v) is 10.6. The van der Waals surface area contributed by atoms with Crippen molar-refractivity contribution < 1.29 is 48.3 Å². The molecule has 2 aromatic carbocycles. The Morgan fingerprint density at radius 2 is 1.49 bits per heavy atom. The molecule has 194 valence electrons. The first-order valence-electron chi connectivity index (χ1n) is 9.16. The van der Waals surface area contributed by atoms with Crippen LogP contribution < -0.4 is 10.5 Å². The molecule has 0 heterocycles. The summed E-state index contributed by atoms with van der Waals surface area (Å²) in [5.74, 6) is -2.54. The predicted molar refractivity (Wildman–Crippen MR) is 118 cm³/mol. The van der Waals surface area contributed by atoms with E-state index in [1.165, 1.54) is 12.1 Å². The maximum atomic E-state index is 14.7.